The summed E-state index contributed by atoms with van der Waals surface area (Å²) in [5.74, 6) is -5.10. The summed E-state index contributed by atoms with van der Waals surface area (Å²) in [7, 11) is 1.13. The van der Waals surface area contributed by atoms with Crippen LogP contribution in [0.15, 0.2) is 12.3 Å². The van der Waals surface area contributed by atoms with Gasteiger partial charge in [0.2, 0.25) is 5.88 Å². The Hall–Kier alpha value is -2.13. The third-order valence-corrected chi connectivity index (χ3v) is 3.83. The fourth-order valence-corrected chi connectivity index (χ4v) is 2.66. The molecule has 1 fully saturated rings. The Kier molecular flexibility index (Phi) is 4.86. The Bertz CT molecular complexity index is 621. The molecule has 1 aliphatic rings. The number of methoxy groups -OCH3 is 1. The highest BCUT2D eigenvalue weighted by molar-refractivity contribution is 5.65. The average molecular weight is 354 g/mol. The summed E-state index contributed by atoms with van der Waals surface area (Å²) in [5.41, 5.74) is -0.517. The van der Waals surface area contributed by atoms with Crippen LogP contribution in [0.25, 0.3) is 0 Å². The third kappa shape index (κ3) is 4.04. The number of alkyl halides is 5. The number of aromatic nitrogens is 1. The molecule has 10 heteroatoms. The predicted octanol–water partition coefficient (Wildman–Crippen LogP) is 3.30. The number of carboxylic acid groups (broad SMARTS) is 1. The molecule has 2 rings (SSSR count). The molecule has 1 atom stereocenters. The van der Waals surface area contributed by atoms with Crippen molar-refractivity contribution < 1.29 is 36.6 Å². The summed E-state index contributed by atoms with van der Waals surface area (Å²) >= 11 is 0. The van der Waals surface area contributed by atoms with Crippen LogP contribution in [0.3, 0.4) is 0 Å². The summed E-state index contributed by atoms with van der Waals surface area (Å²) < 4.78 is 70.9. The molecule has 1 saturated heterocycles. The molecule has 0 saturated carbocycles. The Morgan fingerprint density at radius 1 is 1.50 bits per heavy atom. The van der Waals surface area contributed by atoms with E-state index < -0.39 is 43.5 Å². The van der Waals surface area contributed by atoms with Crippen molar-refractivity contribution in [2.45, 2.75) is 30.9 Å². The van der Waals surface area contributed by atoms with Gasteiger partial charge in [0.15, 0.2) is 0 Å². The van der Waals surface area contributed by atoms with E-state index in [1.165, 1.54) is 0 Å². The van der Waals surface area contributed by atoms with Crippen LogP contribution in [-0.2, 0) is 6.42 Å². The normalized spacial score (nSPS) is 20.8. The smallest absolute Gasteiger partial charge is 0.407 e. The van der Waals surface area contributed by atoms with Gasteiger partial charge in [0.05, 0.1) is 19.4 Å². The van der Waals surface area contributed by atoms with Gasteiger partial charge >= 0.3 is 12.3 Å². The van der Waals surface area contributed by atoms with Gasteiger partial charge in [-0.2, -0.15) is 13.2 Å². The highest BCUT2D eigenvalue weighted by atomic mass is 19.4. The summed E-state index contributed by atoms with van der Waals surface area (Å²) in [6.07, 6.45) is -6.99. The molecule has 0 radical (unpaired) electrons. The maximum Gasteiger partial charge on any atom is 0.407 e. The molecule has 0 spiro atoms. The van der Waals surface area contributed by atoms with Crippen molar-refractivity contribution in [2.24, 2.45) is 0 Å². The van der Waals surface area contributed by atoms with Gasteiger partial charge in [-0.05, 0) is 11.6 Å². The molecule has 0 unspecified atom stereocenters. The summed E-state index contributed by atoms with van der Waals surface area (Å²) in [6, 6.07) is 0.962. The maximum absolute atomic E-state index is 14.1. The molecule has 1 amide bonds. The molecule has 24 heavy (non-hydrogen) atoms. The van der Waals surface area contributed by atoms with Gasteiger partial charge in [0.1, 0.15) is 0 Å². The lowest BCUT2D eigenvalue weighted by atomic mass is 9.87. The van der Waals surface area contributed by atoms with E-state index in [0.29, 0.717) is 0 Å². The van der Waals surface area contributed by atoms with Crippen molar-refractivity contribution >= 4 is 6.09 Å². The molecule has 0 aromatic carbocycles. The second kappa shape index (κ2) is 6.40. The second-order valence-corrected chi connectivity index (χ2v) is 5.52. The minimum absolute atomic E-state index is 0.147. The third-order valence-electron chi connectivity index (χ3n) is 3.83. The van der Waals surface area contributed by atoms with Crippen LogP contribution < -0.4 is 4.74 Å². The summed E-state index contributed by atoms with van der Waals surface area (Å²) in [4.78, 5) is 15.5. The zero-order valence-corrected chi connectivity index (χ0v) is 12.6. The number of halogens is 5. The number of ether oxygens (including phenoxy) is 1. The number of carbonyl (C=O) groups is 1. The lowest BCUT2D eigenvalue weighted by Gasteiger charge is -2.37. The van der Waals surface area contributed by atoms with E-state index >= 15 is 0 Å². The molecule has 1 aromatic rings. The van der Waals surface area contributed by atoms with Gasteiger partial charge in [-0.25, -0.2) is 18.6 Å². The molecule has 0 aliphatic carbocycles. The van der Waals surface area contributed by atoms with E-state index in [1.54, 1.807) is 0 Å². The fourth-order valence-electron chi connectivity index (χ4n) is 2.66. The molecular weight excluding hydrogens is 339 g/mol. The highest BCUT2D eigenvalue weighted by Gasteiger charge is 2.46. The van der Waals surface area contributed by atoms with E-state index in [1.807, 2.05) is 0 Å². The summed E-state index contributed by atoms with van der Waals surface area (Å²) in [5, 5.41) is 8.96. The van der Waals surface area contributed by atoms with Crippen molar-refractivity contribution in [3.63, 3.8) is 0 Å². The highest BCUT2D eigenvalue weighted by Crippen LogP contribution is 2.41. The lowest BCUT2D eigenvalue weighted by molar-refractivity contribution is -0.127. The Labute approximate surface area is 134 Å². The molecular formula is C14H15F5N2O3. The minimum atomic E-state index is -4.56. The van der Waals surface area contributed by atoms with Crippen molar-refractivity contribution in [2.75, 3.05) is 20.2 Å². The Balaban J connectivity index is 2.38. The van der Waals surface area contributed by atoms with E-state index in [0.717, 1.165) is 24.3 Å². The molecule has 1 aromatic heterocycles. The molecule has 5 nitrogen and oxygen atoms in total. The first kappa shape index (κ1) is 18.2. The van der Waals surface area contributed by atoms with Crippen molar-refractivity contribution in [1.29, 1.82) is 0 Å². The van der Waals surface area contributed by atoms with Crippen LogP contribution in [-0.4, -0.2) is 53.4 Å². The number of likely N-dealkylation sites (tertiary alicyclic amines) is 1. The quantitative estimate of drug-likeness (QED) is 0.846. The first-order valence-corrected chi connectivity index (χ1v) is 6.99. The van der Waals surface area contributed by atoms with Gasteiger partial charge in [0.25, 0.3) is 5.92 Å². The van der Waals surface area contributed by atoms with E-state index in [9.17, 15) is 26.7 Å². The van der Waals surface area contributed by atoms with Crippen molar-refractivity contribution in [3.8, 4) is 5.88 Å². The van der Waals surface area contributed by atoms with Crippen LogP contribution >= 0.6 is 0 Å². The van der Waals surface area contributed by atoms with Gasteiger partial charge in [-0.15, -0.1) is 0 Å². The molecule has 2 heterocycles. The largest absolute Gasteiger partial charge is 0.481 e. The zero-order chi connectivity index (χ0) is 18.1. The maximum atomic E-state index is 14.1. The Morgan fingerprint density at radius 3 is 2.71 bits per heavy atom. The second-order valence-electron chi connectivity index (χ2n) is 5.52. The molecule has 0 bridgehead atoms. The van der Waals surface area contributed by atoms with Crippen molar-refractivity contribution in [3.05, 3.63) is 23.4 Å². The van der Waals surface area contributed by atoms with Crippen LogP contribution in [0.4, 0.5) is 26.7 Å². The van der Waals surface area contributed by atoms with Crippen LogP contribution in [0.1, 0.15) is 23.5 Å². The summed E-state index contributed by atoms with van der Waals surface area (Å²) in [6.45, 7) is -0.848. The lowest BCUT2D eigenvalue weighted by Crippen LogP contribution is -2.47. The zero-order valence-electron chi connectivity index (χ0n) is 12.6. The molecule has 1 aliphatic heterocycles. The van der Waals surface area contributed by atoms with E-state index in [-0.39, 0.29) is 23.6 Å². The van der Waals surface area contributed by atoms with Gasteiger partial charge in [-0.3, -0.25) is 0 Å². The number of hydrogen-bond acceptors (Lipinski definition) is 3. The SMILES string of the molecule is COc1ncc([C@H]2CN(C(=O)O)CCC2(F)F)cc1CC(F)(F)F. The first-order valence-electron chi connectivity index (χ1n) is 6.99. The van der Waals surface area contributed by atoms with Gasteiger partial charge in [-0.1, -0.05) is 0 Å². The number of nitrogens with zero attached hydrogens (tertiary/aromatic N) is 2. The predicted molar refractivity (Wildman–Crippen MR) is 72.5 cm³/mol. The van der Waals surface area contributed by atoms with Crippen molar-refractivity contribution in [1.82, 2.24) is 9.88 Å². The monoisotopic (exact) mass is 354 g/mol. The fraction of sp³-hybridized carbons (Fsp3) is 0.571. The number of pyridine rings is 1. The number of amides is 1. The van der Waals surface area contributed by atoms with E-state index in [2.05, 4.69) is 4.98 Å². The van der Waals surface area contributed by atoms with Gasteiger partial charge in [0, 0.05) is 31.3 Å². The Morgan fingerprint density at radius 2 is 2.17 bits per heavy atom. The van der Waals surface area contributed by atoms with Crippen LogP contribution in [0, 0.1) is 0 Å². The number of hydrogen-bond donors (Lipinski definition) is 1. The van der Waals surface area contributed by atoms with Crippen LogP contribution in [0.5, 0.6) is 5.88 Å². The topological polar surface area (TPSA) is 62.7 Å². The van der Waals surface area contributed by atoms with Crippen LogP contribution in [0.2, 0.25) is 0 Å². The first-order chi connectivity index (χ1) is 11.0. The number of rotatable bonds is 3. The minimum Gasteiger partial charge on any atom is -0.481 e. The van der Waals surface area contributed by atoms with Gasteiger partial charge < -0.3 is 14.7 Å². The van der Waals surface area contributed by atoms with E-state index in [4.69, 9.17) is 9.84 Å². The molecule has 1 N–H and O–H groups in total. The average Bonchev–Trinajstić information content (AvgIpc) is 2.45. The number of piperidine rings is 1. The standard InChI is InChI=1S/C14H15F5N2O3/c1-24-11-8(5-14(17,18)19)4-9(6-20-11)10-7-21(12(22)23)3-2-13(10,15)16/h4,6,10H,2-3,5,7H2,1H3,(H,22,23)/t10-/m1/s1. The molecule has 134 valence electrons.